The maximum absolute atomic E-state index is 11.8. The second kappa shape index (κ2) is 8.51. The van der Waals surface area contributed by atoms with Crippen molar-refractivity contribution in [2.75, 3.05) is 18.4 Å². The lowest BCUT2D eigenvalue weighted by Crippen LogP contribution is -2.37. The highest BCUT2D eigenvalue weighted by molar-refractivity contribution is 5.84. The van der Waals surface area contributed by atoms with Gasteiger partial charge < -0.3 is 14.1 Å². The fourth-order valence-corrected chi connectivity index (χ4v) is 3.13. The Labute approximate surface area is 152 Å². The Bertz CT molecular complexity index is 720. The predicted molar refractivity (Wildman–Crippen MR) is 95.6 cm³/mol. The van der Waals surface area contributed by atoms with E-state index < -0.39 is 6.09 Å². The predicted octanol–water partition coefficient (Wildman–Crippen LogP) is 3.54. The smallest absolute Gasteiger partial charge is 0.412 e. The van der Waals surface area contributed by atoms with E-state index in [1.54, 1.807) is 0 Å². The standard InChI is InChI=1S/C19H23N3O4/c1-2-18(23)22-9-7-15(8-10-22)14-3-5-16(6-4-14)21-19(24)25-12-17-11-20-13-26-17/h3-6,11,13,15H,2,7-10,12H2,1H3,(H,21,24). The third-order valence-electron chi connectivity index (χ3n) is 4.61. The van der Waals surface area contributed by atoms with Crippen LogP contribution in [0.5, 0.6) is 0 Å². The van der Waals surface area contributed by atoms with E-state index in [0.29, 0.717) is 23.8 Å². The number of nitrogens with zero attached hydrogens (tertiary/aromatic N) is 2. The van der Waals surface area contributed by atoms with Crippen LogP contribution in [0.25, 0.3) is 0 Å². The van der Waals surface area contributed by atoms with Crippen LogP contribution in [0.15, 0.2) is 41.3 Å². The average Bonchev–Trinajstić information content (AvgIpc) is 3.20. The lowest BCUT2D eigenvalue weighted by molar-refractivity contribution is -0.131. The summed E-state index contributed by atoms with van der Waals surface area (Å²) in [5, 5.41) is 2.69. The van der Waals surface area contributed by atoms with E-state index in [2.05, 4.69) is 10.3 Å². The number of carbonyl (C=O) groups is 2. The highest BCUT2D eigenvalue weighted by Gasteiger charge is 2.22. The van der Waals surface area contributed by atoms with Crippen LogP contribution < -0.4 is 5.32 Å². The Balaban J connectivity index is 1.47. The van der Waals surface area contributed by atoms with Gasteiger partial charge in [0.2, 0.25) is 5.91 Å². The van der Waals surface area contributed by atoms with Gasteiger partial charge in [0.25, 0.3) is 0 Å². The molecule has 0 saturated carbocycles. The van der Waals surface area contributed by atoms with E-state index in [-0.39, 0.29) is 12.5 Å². The fraction of sp³-hybridized carbons (Fsp3) is 0.421. The van der Waals surface area contributed by atoms with Crippen LogP contribution >= 0.6 is 0 Å². The number of oxazole rings is 1. The first kappa shape index (κ1) is 18.0. The number of anilines is 1. The lowest BCUT2D eigenvalue weighted by Gasteiger charge is -2.32. The van der Waals surface area contributed by atoms with Crippen LogP contribution in [-0.4, -0.2) is 35.0 Å². The van der Waals surface area contributed by atoms with Gasteiger partial charge in [0.1, 0.15) is 0 Å². The molecule has 0 aliphatic carbocycles. The zero-order valence-corrected chi connectivity index (χ0v) is 14.8. The molecule has 0 unspecified atom stereocenters. The molecule has 0 radical (unpaired) electrons. The molecular weight excluding hydrogens is 334 g/mol. The minimum atomic E-state index is -0.541. The Kier molecular flexibility index (Phi) is 5.88. The van der Waals surface area contributed by atoms with Crippen LogP contribution in [0.1, 0.15) is 43.4 Å². The summed E-state index contributed by atoms with van der Waals surface area (Å²) in [6, 6.07) is 7.78. The summed E-state index contributed by atoms with van der Waals surface area (Å²) in [5.74, 6) is 1.17. The van der Waals surface area contributed by atoms with Crippen molar-refractivity contribution in [3.05, 3.63) is 48.2 Å². The molecule has 2 aromatic rings. The van der Waals surface area contributed by atoms with Gasteiger partial charge in [-0.3, -0.25) is 10.1 Å². The second-order valence-electron chi connectivity index (χ2n) is 6.30. The summed E-state index contributed by atoms with van der Waals surface area (Å²) < 4.78 is 10.1. The number of hydrogen-bond donors (Lipinski definition) is 1. The maximum atomic E-state index is 11.8. The molecular formula is C19H23N3O4. The quantitative estimate of drug-likeness (QED) is 0.885. The Morgan fingerprint density at radius 1 is 1.27 bits per heavy atom. The molecule has 1 aromatic carbocycles. The van der Waals surface area contributed by atoms with Crippen LogP contribution in [0, 0.1) is 0 Å². The van der Waals surface area contributed by atoms with E-state index in [4.69, 9.17) is 9.15 Å². The molecule has 1 aliphatic heterocycles. The molecule has 0 bridgehead atoms. The number of hydrogen-bond acceptors (Lipinski definition) is 5. The second-order valence-corrected chi connectivity index (χ2v) is 6.30. The number of aromatic nitrogens is 1. The van der Waals surface area contributed by atoms with Crippen molar-refractivity contribution >= 4 is 17.7 Å². The molecule has 138 valence electrons. The third-order valence-corrected chi connectivity index (χ3v) is 4.61. The van der Waals surface area contributed by atoms with Crippen LogP contribution in [-0.2, 0) is 16.1 Å². The van der Waals surface area contributed by atoms with Gasteiger partial charge in [-0.15, -0.1) is 0 Å². The van der Waals surface area contributed by atoms with Crippen molar-refractivity contribution < 1.29 is 18.7 Å². The van der Waals surface area contributed by atoms with Crippen molar-refractivity contribution in [1.82, 2.24) is 9.88 Å². The van der Waals surface area contributed by atoms with E-state index in [9.17, 15) is 9.59 Å². The van der Waals surface area contributed by atoms with Gasteiger partial charge in [0.05, 0.1) is 6.20 Å². The van der Waals surface area contributed by atoms with Gasteiger partial charge in [0, 0.05) is 25.2 Å². The van der Waals surface area contributed by atoms with Gasteiger partial charge >= 0.3 is 6.09 Å². The molecule has 1 aromatic heterocycles. The summed E-state index contributed by atoms with van der Waals surface area (Å²) >= 11 is 0. The van der Waals surface area contributed by atoms with Gasteiger partial charge in [-0.1, -0.05) is 19.1 Å². The number of likely N-dealkylation sites (tertiary alicyclic amines) is 1. The van der Waals surface area contributed by atoms with E-state index in [1.165, 1.54) is 18.2 Å². The number of rotatable bonds is 5. The zero-order chi connectivity index (χ0) is 18.4. The SMILES string of the molecule is CCC(=O)N1CCC(c2ccc(NC(=O)OCc3cnco3)cc2)CC1. The molecule has 1 saturated heterocycles. The molecule has 0 atom stereocenters. The zero-order valence-electron chi connectivity index (χ0n) is 14.8. The van der Waals surface area contributed by atoms with Crippen molar-refractivity contribution in [2.24, 2.45) is 0 Å². The van der Waals surface area contributed by atoms with Crippen LogP contribution in [0.3, 0.4) is 0 Å². The third kappa shape index (κ3) is 4.62. The number of ether oxygens (including phenoxy) is 1. The summed E-state index contributed by atoms with van der Waals surface area (Å²) in [5.41, 5.74) is 1.91. The van der Waals surface area contributed by atoms with Crippen molar-refractivity contribution in [3.8, 4) is 0 Å². The Hall–Kier alpha value is -2.83. The first-order valence-electron chi connectivity index (χ1n) is 8.84. The highest BCUT2D eigenvalue weighted by Crippen LogP contribution is 2.29. The van der Waals surface area contributed by atoms with Crippen molar-refractivity contribution in [2.45, 2.75) is 38.7 Å². The molecule has 7 nitrogen and oxygen atoms in total. The summed E-state index contributed by atoms with van der Waals surface area (Å²) in [7, 11) is 0. The number of benzene rings is 1. The lowest BCUT2D eigenvalue weighted by atomic mass is 9.89. The van der Waals surface area contributed by atoms with Gasteiger partial charge in [-0.25, -0.2) is 9.78 Å². The first-order chi connectivity index (χ1) is 12.7. The summed E-state index contributed by atoms with van der Waals surface area (Å²) in [6.45, 7) is 3.56. The average molecular weight is 357 g/mol. The number of carbonyl (C=O) groups excluding carboxylic acids is 2. The van der Waals surface area contributed by atoms with E-state index in [0.717, 1.165) is 25.9 Å². The molecule has 1 aliphatic rings. The minimum absolute atomic E-state index is 0.0406. The van der Waals surface area contributed by atoms with Crippen molar-refractivity contribution in [1.29, 1.82) is 0 Å². The fourth-order valence-electron chi connectivity index (χ4n) is 3.13. The molecule has 2 amide bonds. The Morgan fingerprint density at radius 3 is 2.62 bits per heavy atom. The normalized spacial score (nSPS) is 14.9. The largest absolute Gasteiger partial charge is 0.445 e. The molecule has 2 heterocycles. The van der Waals surface area contributed by atoms with E-state index in [1.807, 2.05) is 36.1 Å². The van der Waals surface area contributed by atoms with Gasteiger partial charge in [-0.05, 0) is 36.5 Å². The van der Waals surface area contributed by atoms with Gasteiger partial charge in [0.15, 0.2) is 18.8 Å². The highest BCUT2D eigenvalue weighted by atomic mass is 16.6. The topological polar surface area (TPSA) is 84.7 Å². The summed E-state index contributed by atoms with van der Waals surface area (Å²) in [4.78, 5) is 29.2. The van der Waals surface area contributed by atoms with Crippen LogP contribution in [0.4, 0.5) is 10.5 Å². The summed E-state index contributed by atoms with van der Waals surface area (Å²) in [6.07, 6.45) is 4.76. The molecule has 1 N–H and O–H groups in total. The Morgan fingerprint density at radius 2 is 2.00 bits per heavy atom. The molecule has 1 fully saturated rings. The monoisotopic (exact) mass is 357 g/mol. The van der Waals surface area contributed by atoms with Gasteiger partial charge in [-0.2, -0.15) is 0 Å². The van der Waals surface area contributed by atoms with E-state index >= 15 is 0 Å². The number of nitrogens with one attached hydrogen (secondary N) is 1. The molecule has 26 heavy (non-hydrogen) atoms. The number of amides is 2. The van der Waals surface area contributed by atoms with Crippen LogP contribution in [0.2, 0.25) is 0 Å². The maximum Gasteiger partial charge on any atom is 0.412 e. The minimum Gasteiger partial charge on any atom is -0.445 e. The molecule has 7 heteroatoms. The molecule has 0 spiro atoms. The van der Waals surface area contributed by atoms with Crippen molar-refractivity contribution in [3.63, 3.8) is 0 Å². The molecule has 3 rings (SSSR count). The number of piperidine rings is 1. The first-order valence-corrected chi connectivity index (χ1v) is 8.84.